The highest BCUT2D eigenvalue weighted by Crippen LogP contribution is 2.33. The van der Waals surface area contributed by atoms with Crippen molar-refractivity contribution in [1.29, 1.82) is 0 Å². The number of piperazine rings is 1. The highest BCUT2D eigenvalue weighted by molar-refractivity contribution is 6.09. The van der Waals surface area contributed by atoms with Crippen molar-refractivity contribution in [3.8, 4) is 11.3 Å². The molecule has 42 heavy (non-hydrogen) atoms. The molecule has 0 spiro atoms. The van der Waals surface area contributed by atoms with E-state index in [1.807, 2.05) is 76.2 Å². The predicted molar refractivity (Wildman–Crippen MR) is 164 cm³/mol. The smallest absolute Gasteiger partial charge is 0.325 e. The summed E-state index contributed by atoms with van der Waals surface area (Å²) in [5.41, 5.74) is 4.12. The van der Waals surface area contributed by atoms with Crippen LogP contribution in [0.15, 0.2) is 59.1 Å². The van der Waals surface area contributed by atoms with E-state index in [0.29, 0.717) is 22.7 Å². The summed E-state index contributed by atoms with van der Waals surface area (Å²) in [5, 5.41) is 19.7. The molecule has 1 saturated heterocycles. The summed E-state index contributed by atoms with van der Waals surface area (Å²) < 4.78 is 5.38. The van der Waals surface area contributed by atoms with Gasteiger partial charge in [-0.25, -0.2) is 4.79 Å². The zero-order chi connectivity index (χ0) is 29.9. The SMILES string of the molecule is Cc1cccc(-c2[nH]nc(NC(=O)c3ccc(CN4CCN(C)CC4)cc3)c2NC(=O)Nc2cc(C(C)(C)C)on2)c1. The maximum atomic E-state index is 13.2. The minimum Gasteiger partial charge on any atom is -0.359 e. The Morgan fingerprint density at radius 1 is 0.976 bits per heavy atom. The fraction of sp³-hybridized carbons (Fsp3) is 0.355. The zero-order valence-corrected chi connectivity index (χ0v) is 24.7. The van der Waals surface area contributed by atoms with Crippen LogP contribution in [0.3, 0.4) is 0 Å². The Labute approximate surface area is 245 Å². The maximum absolute atomic E-state index is 13.2. The van der Waals surface area contributed by atoms with E-state index >= 15 is 0 Å². The molecular formula is C31H38N8O3. The molecule has 0 bridgehead atoms. The third kappa shape index (κ3) is 7.04. The number of aromatic amines is 1. The summed E-state index contributed by atoms with van der Waals surface area (Å²) >= 11 is 0. The van der Waals surface area contributed by atoms with Crippen LogP contribution in [0.5, 0.6) is 0 Å². The van der Waals surface area contributed by atoms with Crippen LogP contribution in [0.4, 0.5) is 22.1 Å². The molecule has 0 atom stereocenters. The predicted octanol–water partition coefficient (Wildman–Crippen LogP) is 5.31. The highest BCUT2D eigenvalue weighted by Gasteiger charge is 2.23. The fourth-order valence-electron chi connectivity index (χ4n) is 4.72. The quantitative estimate of drug-likeness (QED) is 0.237. The molecule has 5 rings (SSSR count). The van der Waals surface area contributed by atoms with E-state index in [-0.39, 0.29) is 23.0 Å². The maximum Gasteiger partial charge on any atom is 0.325 e. The molecule has 3 heterocycles. The second-order valence-electron chi connectivity index (χ2n) is 11.8. The van der Waals surface area contributed by atoms with Crippen LogP contribution in [-0.2, 0) is 12.0 Å². The summed E-state index contributed by atoms with van der Waals surface area (Å²) in [4.78, 5) is 31.0. The molecule has 11 heteroatoms. The standard InChI is InChI=1S/C31H38N8O3/c1-20-7-6-8-23(17-20)26-27(33-30(41)32-25-18-24(42-37-25)31(2,3)4)28(36-35-26)34-29(40)22-11-9-21(10-12-22)19-39-15-13-38(5)14-16-39/h6-12,17-18H,13-16,19H2,1-5H3,(H2,32,33,37,41)(H2,34,35,36,40). The van der Waals surface area contributed by atoms with Crippen molar-refractivity contribution in [1.82, 2.24) is 25.2 Å². The molecule has 1 aliphatic heterocycles. The van der Waals surface area contributed by atoms with Crippen molar-refractivity contribution < 1.29 is 14.1 Å². The number of likely N-dealkylation sites (N-methyl/N-ethyl adjacent to an activating group) is 1. The third-order valence-electron chi connectivity index (χ3n) is 7.25. The summed E-state index contributed by atoms with van der Waals surface area (Å²) in [6, 6.07) is 16.5. The van der Waals surface area contributed by atoms with Gasteiger partial charge in [0.1, 0.15) is 11.4 Å². The lowest BCUT2D eigenvalue weighted by Crippen LogP contribution is -2.43. The van der Waals surface area contributed by atoms with Gasteiger partial charge in [0.2, 0.25) is 0 Å². The summed E-state index contributed by atoms with van der Waals surface area (Å²) in [6.07, 6.45) is 0. The largest absolute Gasteiger partial charge is 0.359 e. The van der Waals surface area contributed by atoms with Crippen LogP contribution in [-0.4, -0.2) is 70.3 Å². The lowest BCUT2D eigenvalue weighted by Gasteiger charge is -2.32. The van der Waals surface area contributed by atoms with Crippen molar-refractivity contribution in [3.63, 3.8) is 0 Å². The molecule has 0 unspecified atom stereocenters. The second kappa shape index (κ2) is 12.2. The molecule has 1 aliphatic rings. The van der Waals surface area contributed by atoms with E-state index in [2.05, 4.69) is 48.2 Å². The van der Waals surface area contributed by atoms with Gasteiger partial charge in [-0.15, -0.1) is 0 Å². The molecule has 0 saturated carbocycles. The number of amides is 3. The molecule has 3 amide bonds. The topological polar surface area (TPSA) is 131 Å². The van der Waals surface area contributed by atoms with Gasteiger partial charge in [-0.3, -0.25) is 20.1 Å². The molecule has 1 fully saturated rings. The first-order valence-electron chi connectivity index (χ1n) is 14.1. The number of benzene rings is 2. The summed E-state index contributed by atoms with van der Waals surface area (Å²) in [5.74, 6) is 0.784. The van der Waals surface area contributed by atoms with Gasteiger partial charge < -0.3 is 20.1 Å². The van der Waals surface area contributed by atoms with Crippen molar-refractivity contribution in [2.24, 2.45) is 0 Å². The molecule has 2 aromatic heterocycles. The molecule has 2 aromatic carbocycles. The number of rotatable bonds is 7. The van der Waals surface area contributed by atoms with Gasteiger partial charge in [0.05, 0.1) is 5.69 Å². The molecule has 0 radical (unpaired) electrons. The van der Waals surface area contributed by atoms with Gasteiger partial charge in [-0.1, -0.05) is 61.8 Å². The number of hydrogen-bond donors (Lipinski definition) is 4. The minimum absolute atomic E-state index is 0.198. The Hall–Kier alpha value is -4.48. The molecule has 220 valence electrons. The number of carbonyl (C=O) groups is 2. The number of urea groups is 1. The number of nitrogens with zero attached hydrogens (tertiary/aromatic N) is 4. The summed E-state index contributed by atoms with van der Waals surface area (Å²) in [6.45, 7) is 13.0. The van der Waals surface area contributed by atoms with Gasteiger partial charge in [-0.05, 0) is 37.7 Å². The normalized spacial score (nSPS) is 14.5. The van der Waals surface area contributed by atoms with E-state index < -0.39 is 6.03 Å². The monoisotopic (exact) mass is 570 g/mol. The van der Waals surface area contributed by atoms with Crippen LogP contribution in [0.2, 0.25) is 0 Å². The zero-order valence-electron chi connectivity index (χ0n) is 24.7. The number of aromatic nitrogens is 3. The molecule has 11 nitrogen and oxygen atoms in total. The Morgan fingerprint density at radius 2 is 1.71 bits per heavy atom. The van der Waals surface area contributed by atoms with Crippen LogP contribution >= 0.6 is 0 Å². The third-order valence-corrected chi connectivity index (χ3v) is 7.25. The van der Waals surface area contributed by atoms with Gasteiger partial charge in [-0.2, -0.15) is 5.10 Å². The van der Waals surface area contributed by atoms with Crippen molar-refractivity contribution in [2.45, 2.75) is 39.7 Å². The average Bonchev–Trinajstić information content (AvgIpc) is 3.58. The number of aryl methyl sites for hydroxylation is 1. The fourth-order valence-corrected chi connectivity index (χ4v) is 4.72. The molecular weight excluding hydrogens is 532 g/mol. The summed E-state index contributed by atoms with van der Waals surface area (Å²) in [7, 11) is 2.14. The van der Waals surface area contributed by atoms with Gasteiger partial charge >= 0.3 is 6.03 Å². The number of anilines is 3. The van der Waals surface area contributed by atoms with E-state index in [0.717, 1.165) is 49.4 Å². The van der Waals surface area contributed by atoms with E-state index in [1.165, 1.54) is 0 Å². The van der Waals surface area contributed by atoms with Crippen LogP contribution in [0.1, 0.15) is 48.0 Å². The Balaban J connectivity index is 1.32. The van der Waals surface area contributed by atoms with Gasteiger partial charge in [0.15, 0.2) is 11.6 Å². The molecule has 4 N–H and O–H groups in total. The average molecular weight is 571 g/mol. The highest BCUT2D eigenvalue weighted by atomic mass is 16.5. The van der Waals surface area contributed by atoms with E-state index in [4.69, 9.17) is 4.52 Å². The van der Waals surface area contributed by atoms with Crippen LogP contribution < -0.4 is 16.0 Å². The lowest BCUT2D eigenvalue weighted by molar-refractivity contribution is 0.102. The first kappa shape index (κ1) is 29.0. The first-order chi connectivity index (χ1) is 20.0. The number of nitrogens with one attached hydrogen (secondary N) is 4. The van der Waals surface area contributed by atoms with Crippen molar-refractivity contribution >= 4 is 29.3 Å². The van der Waals surface area contributed by atoms with E-state index in [9.17, 15) is 9.59 Å². The van der Waals surface area contributed by atoms with Gasteiger partial charge in [0.25, 0.3) is 5.91 Å². The number of hydrogen-bond acceptors (Lipinski definition) is 7. The van der Waals surface area contributed by atoms with Crippen molar-refractivity contribution in [2.75, 3.05) is 49.2 Å². The van der Waals surface area contributed by atoms with Crippen molar-refractivity contribution in [3.05, 3.63) is 77.0 Å². The Morgan fingerprint density at radius 3 is 2.38 bits per heavy atom. The molecule has 4 aromatic rings. The van der Waals surface area contributed by atoms with Crippen LogP contribution in [0, 0.1) is 6.92 Å². The molecule has 0 aliphatic carbocycles. The lowest BCUT2D eigenvalue weighted by atomic mass is 9.93. The Bertz CT molecular complexity index is 1540. The second-order valence-corrected chi connectivity index (χ2v) is 11.8. The first-order valence-corrected chi connectivity index (χ1v) is 14.1. The Kier molecular flexibility index (Phi) is 8.41. The van der Waals surface area contributed by atoms with Gasteiger partial charge in [0, 0.05) is 55.3 Å². The minimum atomic E-state index is -0.553. The number of H-pyrrole nitrogens is 1. The van der Waals surface area contributed by atoms with E-state index in [1.54, 1.807) is 6.07 Å². The van der Waals surface area contributed by atoms with Crippen LogP contribution in [0.25, 0.3) is 11.3 Å². The number of carbonyl (C=O) groups excluding carboxylic acids is 2.